The summed E-state index contributed by atoms with van der Waals surface area (Å²) in [6.07, 6.45) is 0.228. The average molecular weight is 360 g/mol. The SMILES string of the molecule is CC(NC(=O)CCNC(=O)c1cccs1)c1ccc2c(c1)OCCO2. The van der Waals surface area contributed by atoms with Gasteiger partial charge in [0.05, 0.1) is 10.9 Å². The van der Waals surface area contributed by atoms with E-state index in [0.29, 0.717) is 30.4 Å². The molecule has 2 N–H and O–H groups in total. The third kappa shape index (κ3) is 4.51. The van der Waals surface area contributed by atoms with Crippen molar-refractivity contribution in [3.63, 3.8) is 0 Å². The van der Waals surface area contributed by atoms with Gasteiger partial charge in [-0.15, -0.1) is 11.3 Å². The molecule has 3 rings (SSSR count). The number of rotatable bonds is 6. The predicted octanol–water partition coefficient (Wildman–Crippen LogP) is 2.52. The van der Waals surface area contributed by atoms with Gasteiger partial charge < -0.3 is 20.1 Å². The van der Waals surface area contributed by atoms with Gasteiger partial charge in [0.2, 0.25) is 5.91 Å². The largest absolute Gasteiger partial charge is 0.486 e. The van der Waals surface area contributed by atoms with Gasteiger partial charge in [-0.25, -0.2) is 0 Å². The molecule has 1 aliphatic rings. The van der Waals surface area contributed by atoms with E-state index >= 15 is 0 Å². The van der Waals surface area contributed by atoms with Gasteiger partial charge in [0, 0.05) is 13.0 Å². The van der Waals surface area contributed by atoms with E-state index in [1.54, 1.807) is 6.07 Å². The number of hydrogen-bond donors (Lipinski definition) is 2. The Morgan fingerprint density at radius 1 is 1.20 bits per heavy atom. The molecule has 0 radical (unpaired) electrons. The standard InChI is InChI=1S/C18H20N2O4S/c1-12(13-4-5-14-15(11-13)24-9-8-23-14)20-17(21)6-7-19-18(22)16-3-2-10-25-16/h2-5,10-12H,6-9H2,1H3,(H,19,22)(H,20,21). The first-order valence-electron chi connectivity index (χ1n) is 8.14. The minimum atomic E-state index is -0.156. The van der Waals surface area contributed by atoms with Crippen molar-refractivity contribution in [2.45, 2.75) is 19.4 Å². The summed E-state index contributed by atoms with van der Waals surface area (Å²) in [5.74, 6) is 1.16. The summed E-state index contributed by atoms with van der Waals surface area (Å²) in [6, 6.07) is 9.07. The van der Waals surface area contributed by atoms with E-state index in [0.717, 1.165) is 11.3 Å². The van der Waals surface area contributed by atoms with Gasteiger partial charge in [-0.3, -0.25) is 9.59 Å². The molecule has 25 heavy (non-hydrogen) atoms. The number of benzene rings is 1. The molecule has 0 fully saturated rings. The molecule has 1 aromatic heterocycles. The van der Waals surface area contributed by atoms with Crippen LogP contribution < -0.4 is 20.1 Å². The van der Waals surface area contributed by atoms with E-state index in [4.69, 9.17) is 9.47 Å². The van der Waals surface area contributed by atoms with Gasteiger partial charge >= 0.3 is 0 Å². The van der Waals surface area contributed by atoms with Gasteiger partial charge in [0.25, 0.3) is 5.91 Å². The van der Waals surface area contributed by atoms with Gasteiger partial charge in [-0.05, 0) is 36.1 Å². The van der Waals surface area contributed by atoms with Crippen LogP contribution >= 0.6 is 11.3 Å². The third-order valence-corrected chi connectivity index (χ3v) is 4.69. The van der Waals surface area contributed by atoms with Crippen molar-refractivity contribution >= 4 is 23.2 Å². The molecule has 2 aromatic rings. The van der Waals surface area contributed by atoms with Gasteiger partial charge in [-0.2, -0.15) is 0 Å². The Morgan fingerprint density at radius 2 is 2.00 bits per heavy atom. The fourth-order valence-electron chi connectivity index (χ4n) is 2.51. The fourth-order valence-corrected chi connectivity index (χ4v) is 3.15. The average Bonchev–Trinajstić information content (AvgIpc) is 3.16. The minimum absolute atomic E-state index is 0.117. The normalized spacial score (nSPS) is 13.8. The van der Waals surface area contributed by atoms with Crippen molar-refractivity contribution < 1.29 is 19.1 Å². The molecule has 132 valence electrons. The van der Waals surface area contributed by atoms with E-state index in [2.05, 4.69) is 10.6 Å². The highest BCUT2D eigenvalue weighted by Gasteiger charge is 2.16. The predicted molar refractivity (Wildman–Crippen MR) is 95.3 cm³/mol. The maximum atomic E-state index is 12.1. The molecule has 0 saturated carbocycles. The van der Waals surface area contributed by atoms with Crippen LogP contribution in [0.3, 0.4) is 0 Å². The lowest BCUT2D eigenvalue weighted by Gasteiger charge is -2.21. The second-order valence-corrected chi connectivity index (χ2v) is 6.62. The van der Waals surface area contributed by atoms with Crippen LogP contribution in [0.1, 0.15) is 34.6 Å². The zero-order valence-electron chi connectivity index (χ0n) is 13.9. The number of carbonyl (C=O) groups is 2. The number of thiophene rings is 1. The molecule has 1 aromatic carbocycles. The van der Waals surface area contributed by atoms with E-state index < -0.39 is 0 Å². The molecular weight excluding hydrogens is 340 g/mol. The van der Waals surface area contributed by atoms with Crippen LogP contribution in [0.4, 0.5) is 0 Å². The lowest BCUT2D eigenvalue weighted by atomic mass is 10.1. The monoisotopic (exact) mass is 360 g/mol. The third-order valence-electron chi connectivity index (χ3n) is 3.83. The Morgan fingerprint density at radius 3 is 2.76 bits per heavy atom. The second kappa shape index (κ2) is 8.02. The Kier molecular flexibility index (Phi) is 5.55. The molecule has 2 amide bonds. The number of fused-ring (bicyclic) bond motifs is 1. The molecule has 0 saturated heterocycles. The molecular formula is C18H20N2O4S. The fraction of sp³-hybridized carbons (Fsp3) is 0.333. The van der Waals surface area contributed by atoms with Crippen LogP contribution in [-0.2, 0) is 4.79 Å². The molecule has 6 nitrogen and oxygen atoms in total. The summed E-state index contributed by atoms with van der Waals surface area (Å²) in [5.41, 5.74) is 0.945. The van der Waals surface area contributed by atoms with Gasteiger partial charge in [0.15, 0.2) is 11.5 Å². The molecule has 1 atom stereocenters. The lowest BCUT2D eigenvalue weighted by Crippen LogP contribution is -2.31. The highest BCUT2D eigenvalue weighted by Crippen LogP contribution is 2.32. The maximum Gasteiger partial charge on any atom is 0.261 e. The molecule has 1 unspecified atom stereocenters. The van der Waals surface area contributed by atoms with E-state index in [-0.39, 0.29) is 24.3 Å². The number of hydrogen-bond acceptors (Lipinski definition) is 5. The first kappa shape index (κ1) is 17.3. The van der Waals surface area contributed by atoms with Crippen LogP contribution in [-0.4, -0.2) is 31.6 Å². The van der Waals surface area contributed by atoms with Crippen molar-refractivity contribution in [1.29, 1.82) is 0 Å². The van der Waals surface area contributed by atoms with E-state index in [9.17, 15) is 9.59 Å². The Labute approximate surface area is 150 Å². The van der Waals surface area contributed by atoms with Crippen LogP contribution in [0, 0.1) is 0 Å². The number of amides is 2. The van der Waals surface area contributed by atoms with Crippen LogP contribution in [0.5, 0.6) is 11.5 Å². The maximum absolute atomic E-state index is 12.1. The molecule has 2 heterocycles. The molecule has 0 bridgehead atoms. The zero-order chi connectivity index (χ0) is 17.6. The van der Waals surface area contributed by atoms with Crippen molar-refractivity contribution in [2.24, 2.45) is 0 Å². The number of ether oxygens (including phenoxy) is 2. The van der Waals surface area contributed by atoms with Gasteiger partial charge in [-0.1, -0.05) is 12.1 Å². The van der Waals surface area contributed by atoms with Crippen molar-refractivity contribution in [3.05, 3.63) is 46.2 Å². The number of nitrogens with one attached hydrogen (secondary N) is 2. The summed E-state index contributed by atoms with van der Waals surface area (Å²) in [7, 11) is 0. The molecule has 0 spiro atoms. The smallest absolute Gasteiger partial charge is 0.261 e. The Balaban J connectivity index is 1.46. The quantitative estimate of drug-likeness (QED) is 0.830. The lowest BCUT2D eigenvalue weighted by molar-refractivity contribution is -0.121. The first-order chi connectivity index (χ1) is 12.1. The molecule has 0 aliphatic carbocycles. The summed E-state index contributed by atoms with van der Waals surface area (Å²) >= 11 is 1.37. The van der Waals surface area contributed by atoms with Crippen LogP contribution in [0.15, 0.2) is 35.7 Å². The number of carbonyl (C=O) groups excluding carboxylic acids is 2. The molecule has 1 aliphatic heterocycles. The van der Waals surface area contributed by atoms with E-state index in [1.165, 1.54) is 11.3 Å². The van der Waals surface area contributed by atoms with Crippen molar-refractivity contribution in [3.8, 4) is 11.5 Å². The molecule has 7 heteroatoms. The minimum Gasteiger partial charge on any atom is -0.486 e. The first-order valence-corrected chi connectivity index (χ1v) is 9.02. The Hall–Kier alpha value is -2.54. The highest BCUT2D eigenvalue weighted by atomic mass is 32.1. The highest BCUT2D eigenvalue weighted by molar-refractivity contribution is 7.12. The van der Waals surface area contributed by atoms with Crippen molar-refractivity contribution in [2.75, 3.05) is 19.8 Å². The zero-order valence-corrected chi connectivity index (χ0v) is 14.7. The summed E-state index contributed by atoms with van der Waals surface area (Å²) < 4.78 is 11.1. The second-order valence-electron chi connectivity index (χ2n) is 5.68. The van der Waals surface area contributed by atoms with E-state index in [1.807, 2.05) is 36.6 Å². The summed E-state index contributed by atoms with van der Waals surface area (Å²) in [5, 5.41) is 7.52. The van der Waals surface area contributed by atoms with Crippen LogP contribution in [0.25, 0.3) is 0 Å². The topological polar surface area (TPSA) is 76.7 Å². The Bertz CT molecular complexity index is 746. The van der Waals surface area contributed by atoms with Gasteiger partial charge in [0.1, 0.15) is 13.2 Å². The summed E-state index contributed by atoms with van der Waals surface area (Å²) in [6.45, 7) is 3.29. The van der Waals surface area contributed by atoms with Crippen molar-refractivity contribution in [1.82, 2.24) is 10.6 Å². The van der Waals surface area contributed by atoms with Crippen LogP contribution in [0.2, 0.25) is 0 Å². The summed E-state index contributed by atoms with van der Waals surface area (Å²) in [4.78, 5) is 24.5.